The molecule has 5 nitrogen and oxygen atoms in total. The Hall–Kier alpha value is -1.59. The first kappa shape index (κ1) is 18.7. The molecule has 0 aromatic heterocycles. The minimum absolute atomic E-state index is 0.0730. The highest BCUT2D eigenvalue weighted by Gasteiger charge is 2.29. The van der Waals surface area contributed by atoms with E-state index in [0.717, 1.165) is 24.2 Å². The van der Waals surface area contributed by atoms with Crippen LogP contribution in [0.5, 0.6) is 5.75 Å². The molecule has 1 aliphatic heterocycles. The lowest BCUT2D eigenvalue weighted by Crippen LogP contribution is -2.47. The molecule has 0 radical (unpaired) electrons. The first-order chi connectivity index (χ1) is 11.5. The van der Waals surface area contributed by atoms with E-state index in [1.165, 1.54) is 5.56 Å². The smallest absolute Gasteiger partial charge is 0.222 e. The molecule has 1 aliphatic rings. The van der Waals surface area contributed by atoms with Crippen molar-refractivity contribution in [2.75, 3.05) is 26.3 Å². The topological polar surface area (TPSA) is 70.0 Å². The Balaban J connectivity index is 1.79. The van der Waals surface area contributed by atoms with Crippen LogP contribution in [0.25, 0.3) is 0 Å². The van der Waals surface area contributed by atoms with E-state index in [2.05, 4.69) is 12.1 Å². The minimum Gasteiger partial charge on any atom is -0.494 e. The Morgan fingerprint density at radius 1 is 1.42 bits per heavy atom. The van der Waals surface area contributed by atoms with E-state index in [9.17, 15) is 15.0 Å². The molecule has 0 saturated carbocycles. The van der Waals surface area contributed by atoms with Gasteiger partial charge in [0.15, 0.2) is 0 Å². The molecule has 1 saturated heterocycles. The summed E-state index contributed by atoms with van der Waals surface area (Å²) in [7, 11) is 0. The van der Waals surface area contributed by atoms with Crippen molar-refractivity contribution < 1.29 is 19.7 Å². The Labute approximate surface area is 144 Å². The number of benzene rings is 1. The largest absolute Gasteiger partial charge is 0.494 e. The van der Waals surface area contributed by atoms with Crippen molar-refractivity contribution >= 4 is 5.91 Å². The molecule has 1 fully saturated rings. The van der Waals surface area contributed by atoms with Crippen molar-refractivity contribution in [1.29, 1.82) is 0 Å². The van der Waals surface area contributed by atoms with E-state index in [1.807, 2.05) is 19.9 Å². The SMILES string of the molecule is CCOc1ccc(CCCC(=O)N2CC[C@H](O)[C@H](CO)C2)cc1C. The van der Waals surface area contributed by atoms with E-state index in [1.54, 1.807) is 4.90 Å². The van der Waals surface area contributed by atoms with Crippen LogP contribution in [0.2, 0.25) is 0 Å². The number of hydrogen-bond donors (Lipinski definition) is 2. The van der Waals surface area contributed by atoms with Crippen molar-refractivity contribution in [2.24, 2.45) is 5.92 Å². The highest BCUT2D eigenvalue weighted by atomic mass is 16.5. The Morgan fingerprint density at radius 2 is 2.21 bits per heavy atom. The van der Waals surface area contributed by atoms with Gasteiger partial charge in [0.1, 0.15) is 5.75 Å². The molecular weight excluding hydrogens is 306 g/mol. The van der Waals surface area contributed by atoms with Crippen molar-refractivity contribution in [3.05, 3.63) is 29.3 Å². The van der Waals surface area contributed by atoms with Crippen LogP contribution in [0.4, 0.5) is 0 Å². The van der Waals surface area contributed by atoms with Crippen LogP contribution in [0.3, 0.4) is 0 Å². The number of nitrogens with zero attached hydrogens (tertiary/aromatic N) is 1. The second-order valence-corrected chi connectivity index (χ2v) is 6.52. The van der Waals surface area contributed by atoms with Gasteiger partial charge in [0.25, 0.3) is 0 Å². The number of likely N-dealkylation sites (tertiary alicyclic amines) is 1. The maximum absolute atomic E-state index is 12.3. The normalized spacial score (nSPS) is 20.9. The third-order valence-corrected chi connectivity index (χ3v) is 4.68. The second-order valence-electron chi connectivity index (χ2n) is 6.52. The van der Waals surface area contributed by atoms with Crippen molar-refractivity contribution in [3.8, 4) is 5.75 Å². The molecule has 1 amide bonds. The van der Waals surface area contributed by atoms with Gasteiger partial charge in [-0.1, -0.05) is 12.1 Å². The van der Waals surface area contributed by atoms with Crippen LogP contribution in [0.1, 0.15) is 37.3 Å². The number of aryl methyl sites for hydroxylation is 2. The lowest BCUT2D eigenvalue weighted by Gasteiger charge is -2.35. The monoisotopic (exact) mass is 335 g/mol. The van der Waals surface area contributed by atoms with E-state index >= 15 is 0 Å². The average Bonchev–Trinajstić information content (AvgIpc) is 2.57. The summed E-state index contributed by atoms with van der Waals surface area (Å²) in [5.41, 5.74) is 2.34. The lowest BCUT2D eigenvalue weighted by atomic mass is 9.95. The minimum atomic E-state index is -0.495. The summed E-state index contributed by atoms with van der Waals surface area (Å²) in [4.78, 5) is 14.1. The van der Waals surface area contributed by atoms with Crippen LogP contribution in [-0.4, -0.2) is 53.4 Å². The number of aliphatic hydroxyl groups is 2. The summed E-state index contributed by atoms with van der Waals surface area (Å²) in [6.07, 6.45) is 2.22. The zero-order valence-corrected chi connectivity index (χ0v) is 14.7. The number of amides is 1. The standard InChI is InChI=1S/C19H29NO4/c1-3-24-18-8-7-15(11-14(18)2)5-4-6-19(23)20-10-9-17(22)16(12-20)13-21/h7-8,11,16-17,21-22H,3-6,9-10,12-13H2,1-2H3/t16-,17-/m0/s1. The van der Waals surface area contributed by atoms with Gasteiger partial charge in [0.2, 0.25) is 5.91 Å². The fourth-order valence-corrected chi connectivity index (χ4v) is 3.21. The predicted octanol–water partition coefficient (Wildman–Crippen LogP) is 1.92. The number of ether oxygens (including phenoxy) is 1. The number of aliphatic hydroxyl groups excluding tert-OH is 2. The summed E-state index contributed by atoms with van der Waals surface area (Å²) in [6.45, 7) is 5.63. The van der Waals surface area contributed by atoms with E-state index < -0.39 is 6.10 Å². The second kappa shape index (κ2) is 9.04. The van der Waals surface area contributed by atoms with Crippen LogP contribution in [-0.2, 0) is 11.2 Å². The maximum atomic E-state index is 12.3. The fraction of sp³-hybridized carbons (Fsp3) is 0.632. The van der Waals surface area contributed by atoms with Gasteiger partial charge in [-0.2, -0.15) is 0 Å². The van der Waals surface area contributed by atoms with E-state index in [-0.39, 0.29) is 18.4 Å². The molecule has 0 aliphatic carbocycles. The van der Waals surface area contributed by atoms with Crippen molar-refractivity contribution in [2.45, 2.75) is 45.6 Å². The summed E-state index contributed by atoms with van der Waals surface area (Å²) < 4.78 is 5.54. The highest BCUT2D eigenvalue weighted by Crippen LogP contribution is 2.21. The molecule has 134 valence electrons. The van der Waals surface area contributed by atoms with Gasteiger partial charge in [-0.3, -0.25) is 4.79 Å². The van der Waals surface area contributed by atoms with Crippen LogP contribution in [0.15, 0.2) is 18.2 Å². The first-order valence-corrected chi connectivity index (χ1v) is 8.84. The Bertz CT molecular complexity index is 546. The fourth-order valence-electron chi connectivity index (χ4n) is 3.21. The lowest BCUT2D eigenvalue weighted by molar-refractivity contribution is -0.135. The number of carbonyl (C=O) groups excluding carboxylic acids is 1. The highest BCUT2D eigenvalue weighted by molar-refractivity contribution is 5.76. The third-order valence-electron chi connectivity index (χ3n) is 4.68. The number of piperidine rings is 1. The quantitative estimate of drug-likeness (QED) is 0.799. The molecule has 0 bridgehead atoms. The summed E-state index contributed by atoms with van der Waals surface area (Å²) in [5.74, 6) is 0.818. The van der Waals surface area contributed by atoms with Gasteiger partial charge >= 0.3 is 0 Å². The summed E-state index contributed by atoms with van der Waals surface area (Å²) in [5, 5.41) is 19.0. The summed E-state index contributed by atoms with van der Waals surface area (Å²) in [6, 6.07) is 6.17. The van der Waals surface area contributed by atoms with Crippen LogP contribution in [0, 0.1) is 12.8 Å². The number of rotatable bonds is 7. The molecule has 2 atom stereocenters. The third kappa shape index (κ3) is 4.95. The molecular formula is C19H29NO4. The molecule has 1 aromatic carbocycles. The summed E-state index contributed by atoms with van der Waals surface area (Å²) >= 11 is 0. The maximum Gasteiger partial charge on any atom is 0.222 e. The number of hydrogen-bond acceptors (Lipinski definition) is 4. The Kier molecular flexibility index (Phi) is 7.06. The molecule has 2 rings (SSSR count). The molecule has 2 N–H and O–H groups in total. The van der Waals surface area contributed by atoms with Gasteiger partial charge in [0, 0.05) is 25.4 Å². The Morgan fingerprint density at radius 3 is 2.88 bits per heavy atom. The van der Waals surface area contributed by atoms with E-state index in [0.29, 0.717) is 32.5 Å². The molecule has 24 heavy (non-hydrogen) atoms. The number of carbonyl (C=O) groups is 1. The van der Waals surface area contributed by atoms with E-state index in [4.69, 9.17) is 4.74 Å². The van der Waals surface area contributed by atoms with Gasteiger partial charge in [-0.05, 0) is 50.3 Å². The molecule has 5 heteroatoms. The van der Waals surface area contributed by atoms with Gasteiger partial charge in [-0.15, -0.1) is 0 Å². The van der Waals surface area contributed by atoms with Crippen LogP contribution < -0.4 is 4.74 Å². The van der Waals surface area contributed by atoms with Crippen LogP contribution >= 0.6 is 0 Å². The molecule has 0 unspecified atom stereocenters. The van der Waals surface area contributed by atoms with Gasteiger partial charge in [-0.25, -0.2) is 0 Å². The van der Waals surface area contributed by atoms with Crippen molar-refractivity contribution in [1.82, 2.24) is 4.90 Å². The van der Waals surface area contributed by atoms with Crippen molar-refractivity contribution in [3.63, 3.8) is 0 Å². The first-order valence-electron chi connectivity index (χ1n) is 8.84. The van der Waals surface area contributed by atoms with Gasteiger partial charge < -0.3 is 19.8 Å². The molecule has 1 aromatic rings. The average molecular weight is 335 g/mol. The molecule has 1 heterocycles. The van der Waals surface area contributed by atoms with Gasteiger partial charge in [0.05, 0.1) is 19.3 Å². The molecule has 0 spiro atoms. The zero-order valence-electron chi connectivity index (χ0n) is 14.7. The predicted molar refractivity (Wildman–Crippen MR) is 93.1 cm³/mol. The zero-order chi connectivity index (χ0) is 17.5.